The van der Waals surface area contributed by atoms with Crippen LogP contribution >= 0.6 is 0 Å². The van der Waals surface area contributed by atoms with Crippen molar-refractivity contribution in [2.24, 2.45) is 0 Å². The summed E-state index contributed by atoms with van der Waals surface area (Å²) in [5, 5.41) is 2.52. The zero-order chi connectivity index (χ0) is 16.5. The predicted octanol–water partition coefficient (Wildman–Crippen LogP) is 2.62. The molecule has 0 aliphatic heterocycles. The van der Waals surface area contributed by atoms with Crippen molar-refractivity contribution in [3.63, 3.8) is 0 Å². The Balaban J connectivity index is 2.14. The van der Waals surface area contributed by atoms with Crippen LogP contribution < -0.4 is 5.32 Å². The van der Waals surface area contributed by atoms with Crippen LogP contribution in [0, 0.1) is 0 Å². The third kappa shape index (κ3) is 3.51. The van der Waals surface area contributed by atoms with Crippen molar-refractivity contribution in [3.05, 3.63) is 35.4 Å². The quantitative estimate of drug-likeness (QED) is 0.900. The molecule has 0 aromatic heterocycles. The lowest BCUT2D eigenvalue weighted by Gasteiger charge is -2.18. The van der Waals surface area contributed by atoms with E-state index in [0.29, 0.717) is 18.4 Å². The van der Waals surface area contributed by atoms with E-state index < -0.39 is 28.0 Å². The Hall–Kier alpha value is -1.37. The van der Waals surface area contributed by atoms with E-state index in [2.05, 4.69) is 5.32 Å². The van der Waals surface area contributed by atoms with Crippen LogP contribution in [-0.4, -0.2) is 28.2 Å². The second-order valence-electron chi connectivity index (χ2n) is 5.68. The van der Waals surface area contributed by atoms with Crippen LogP contribution in [0.3, 0.4) is 0 Å². The summed E-state index contributed by atoms with van der Waals surface area (Å²) in [6, 6.07) is 4.94. The van der Waals surface area contributed by atoms with Gasteiger partial charge in [0.05, 0.1) is 11.0 Å². The van der Waals surface area contributed by atoms with Gasteiger partial charge in [0.2, 0.25) is 5.91 Å². The Kier molecular flexibility index (Phi) is 4.65. The lowest BCUT2D eigenvalue weighted by atomic mass is 9.93. The molecule has 3 nitrogen and oxygen atoms in total. The van der Waals surface area contributed by atoms with Gasteiger partial charge in [-0.05, 0) is 31.4 Å². The number of carbonyl (C=O) groups excluding carboxylic acids is 1. The van der Waals surface area contributed by atoms with Crippen molar-refractivity contribution in [2.45, 2.75) is 36.6 Å². The Morgan fingerprint density at radius 2 is 2.05 bits per heavy atom. The molecule has 0 unspecified atom stereocenters. The molecular formula is C15H18F3NO2S. The van der Waals surface area contributed by atoms with Gasteiger partial charge < -0.3 is 5.32 Å². The van der Waals surface area contributed by atoms with E-state index in [1.54, 1.807) is 19.2 Å². The zero-order valence-corrected chi connectivity index (χ0v) is 13.2. The second kappa shape index (κ2) is 6.02. The van der Waals surface area contributed by atoms with Crippen LogP contribution in [0.5, 0.6) is 0 Å². The van der Waals surface area contributed by atoms with Gasteiger partial charge in [-0.2, -0.15) is 13.2 Å². The van der Waals surface area contributed by atoms with Gasteiger partial charge in [0, 0.05) is 28.9 Å². The van der Waals surface area contributed by atoms with Crippen molar-refractivity contribution in [1.82, 2.24) is 5.32 Å². The van der Waals surface area contributed by atoms with Crippen LogP contribution in [0.4, 0.5) is 13.2 Å². The molecule has 1 aliphatic carbocycles. The number of carbonyl (C=O) groups is 1. The highest BCUT2D eigenvalue weighted by atomic mass is 32.2. The highest BCUT2D eigenvalue weighted by molar-refractivity contribution is 7.84. The molecule has 1 amide bonds. The van der Waals surface area contributed by atoms with Crippen molar-refractivity contribution in [2.75, 3.05) is 12.8 Å². The molecular weight excluding hydrogens is 315 g/mol. The lowest BCUT2D eigenvalue weighted by molar-refractivity contribution is -0.137. The largest absolute Gasteiger partial charge is 0.416 e. The monoisotopic (exact) mass is 333 g/mol. The molecule has 1 aliphatic rings. The van der Waals surface area contributed by atoms with Gasteiger partial charge in [-0.1, -0.05) is 18.2 Å². The fourth-order valence-corrected chi connectivity index (χ4v) is 2.61. The topological polar surface area (TPSA) is 46.2 Å². The van der Waals surface area contributed by atoms with E-state index in [9.17, 15) is 22.2 Å². The maximum Gasteiger partial charge on any atom is 0.416 e. The predicted molar refractivity (Wildman–Crippen MR) is 78.9 cm³/mol. The smallest absolute Gasteiger partial charge is 0.354 e. The molecule has 1 aromatic rings. The molecule has 7 heteroatoms. The van der Waals surface area contributed by atoms with E-state index in [1.165, 1.54) is 6.07 Å². The molecule has 22 heavy (non-hydrogen) atoms. The standard InChI is InChI=1S/C15H18F3NO2S/c1-10(22(2)21)9-19-13(20)14(6-7-14)11-4-3-5-12(8-11)15(16,17)18/h3-5,8,10H,6-7,9H2,1-2H3,(H,19,20)/t10-,22-/m0/s1. The number of hydrogen-bond acceptors (Lipinski definition) is 2. The molecule has 0 saturated heterocycles. The number of nitrogens with one attached hydrogen (secondary N) is 1. The molecule has 1 N–H and O–H groups in total. The average Bonchev–Trinajstić information content (AvgIpc) is 3.25. The highest BCUT2D eigenvalue weighted by Crippen LogP contribution is 2.49. The fraction of sp³-hybridized carbons (Fsp3) is 0.533. The first kappa shape index (κ1) is 17.0. The summed E-state index contributed by atoms with van der Waals surface area (Å²) in [7, 11) is -1.06. The Morgan fingerprint density at radius 1 is 1.41 bits per heavy atom. The average molecular weight is 333 g/mol. The normalized spacial score (nSPS) is 19.3. The number of hydrogen-bond donors (Lipinski definition) is 1. The molecule has 2 atom stereocenters. The number of alkyl halides is 3. The summed E-state index contributed by atoms with van der Waals surface area (Å²) in [5.41, 5.74) is -1.21. The van der Waals surface area contributed by atoms with Crippen molar-refractivity contribution in [1.29, 1.82) is 0 Å². The number of rotatable bonds is 5. The van der Waals surface area contributed by atoms with Crippen LogP contribution in [-0.2, 0) is 27.2 Å². The van der Waals surface area contributed by atoms with Crippen LogP contribution in [0.25, 0.3) is 0 Å². The molecule has 0 heterocycles. The first-order chi connectivity index (χ1) is 10.2. The summed E-state index contributed by atoms with van der Waals surface area (Å²) in [6.07, 6.45) is -1.81. The number of amides is 1. The Morgan fingerprint density at radius 3 is 2.55 bits per heavy atom. The molecule has 122 valence electrons. The molecule has 1 aromatic carbocycles. The molecule has 1 fully saturated rings. The molecule has 2 rings (SSSR count). The van der Waals surface area contributed by atoms with E-state index >= 15 is 0 Å². The molecule has 0 spiro atoms. The Bertz CT molecular complexity index is 597. The molecule has 0 radical (unpaired) electrons. The minimum Gasteiger partial charge on any atom is -0.354 e. The van der Waals surface area contributed by atoms with Gasteiger partial charge in [0.1, 0.15) is 0 Å². The van der Waals surface area contributed by atoms with Crippen LogP contribution in [0.2, 0.25) is 0 Å². The van der Waals surface area contributed by atoms with E-state index in [0.717, 1.165) is 12.1 Å². The lowest BCUT2D eigenvalue weighted by Crippen LogP contribution is -2.39. The summed E-state index contributed by atoms with van der Waals surface area (Å²) >= 11 is 0. The maximum atomic E-state index is 12.8. The van der Waals surface area contributed by atoms with Gasteiger partial charge in [0.25, 0.3) is 0 Å². The van der Waals surface area contributed by atoms with Gasteiger partial charge in [-0.25, -0.2) is 0 Å². The Labute approximate surface area is 129 Å². The first-order valence-electron chi connectivity index (χ1n) is 6.95. The summed E-state index contributed by atoms with van der Waals surface area (Å²) < 4.78 is 49.6. The fourth-order valence-electron chi connectivity index (χ4n) is 2.29. The van der Waals surface area contributed by atoms with Crippen molar-refractivity contribution >= 4 is 16.7 Å². The first-order valence-corrected chi connectivity index (χ1v) is 8.57. The van der Waals surface area contributed by atoms with Crippen molar-refractivity contribution < 1.29 is 22.2 Å². The second-order valence-corrected chi connectivity index (χ2v) is 7.48. The van der Waals surface area contributed by atoms with Crippen LogP contribution in [0.15, 0.2) is 24.3 Å². The number of halogens is 3. The molecule has 0 bridgehead atoms. The van der Waals surface area contributed by atoms with Gasteiger partial charge in [-0.15, -0.1) is 0 Å². The minimum absolute atomic E-state index is 0.193. The summed E-state index contributed by atoms with van der Waals surface area (Å²) in [5.74, 6) is -0.288. The minimum atomic E-state index is -4.42. The molecule has 1 saturated carbocycles. The van der Waals surface area contributed by atoms with E-state index in [-0.39, 0.29) is 17.7 Å². The third-order valence-electron chi connectivity index (χ3n) is 4.04. The summed E-state index contributed by atoms with van der Waals surface area (Å²) in [4.78, 5) is 12.3. The van der Waals surface area contributed by atoms with Crippen LogP contribution in [0.1, 0.15) is 30.9 Å². The highest BCUT2D eigenvalue weighted by Gasteiger charge is 2.51. The van der Waals surface area contributed by atoms with Gasteiger partial charge in [-0.3, -0.25) is 9.00 Å². The third-order valence-corrected chi connectivity index (χ3v) is 5.34. The maximum absolute atomic E-state index is 12.8. The SMILES string of the molecule is C[C@@H](CNC(=O)C1(c2cccc(C(F)(F)F)c2)CC1)[S@](C)=O. The number of benzene rings is 1. The van der Waals surface area contributed by atoms with E-state index in [4.69, 9.17) is 0 Å². The summed E-state index contributed by atoms with van der Waals surface area (Å²) in [6.45, 7) is 2.00. The zero-order valence-electron chi connectivity index (χ0n) is 12.4. The van der Waals surface area contributed by atoms with Gasteiger partial charge >= 0.3 is 6.18 Å². The van der Waals surface area contributed by atoms with E-state index in [1.807, 2.05) is 0 Å². The van der Waals surface area contributed by atoms with Gasteiger partial charge in [0.15, 0.2) is 0 Å². The van der Waals surface area contributed by atoms with Crippen molar-refractivity contribution in [3.8, 4) is 0 Å².